The summed E-state index contributed by atoms with van der Waals surface area (Å²) in [6, 6.07) is 4.10. The molecule has 9 heteroatoms. The van der Waals surface area contributed by atoms with Crippen LogP contribution < -0.4 is 10.2 Å². The number of amides is 1. The summed E-state index contributed by atoms with van der Waals surface area (Å²) in [7, 11) is 0. The van der Waals surface area contributed by atoms with Gasteiger partial charge in [0.05, 0.1) is 5.69 Å². The molecule has 0 radical (unpaired) electrons. The summed E-state index contributed by atoms with van der Waals surface area (Å²) in [6.07, 6.45) is 4.59. The number of hydrogen-bond donors (Lipinski definition) is 1. The molecule has 1 amide bonds. The molecular formula is C20H24N8O. The molecule has 0 aromatic carbocycles. The Labute approximate surface area is 168 Å². The van der Waals surface area contributed by atoms with E-state index >= 15 is 0 Å². The maximum atomic E-state index is 12.5. The Balaban J connectivity index is 1.17. The number of aromatic nitrogens is 6. The number of hydrogen-bond acceptors (Lipinski definition) is 7. The lowest BCUT2D eigenvalue weighted by Gasteiger charge is -2.40. The van der Waals surface area contributed by atoms with E-state index in [0.29, 0.717) is 18.2 Å². The number of nitrogens with one attached hydrogen (secondary N) is 1. The first-order valence-corrected chi connectivity index (χ1v) is 10.2. The monoisotopic (exact) mass is 392 g/mol. The molecule has 4 heterocycles. The van der Waals surface area contributed by atoms with Crippen LogP contribution in [0.25, 0.3) is 5.78 Å². The van der Waals surface area contributed by atoms with E-state index in [1.54, 1.807) is 4.52 Å². The van der Waals surface area contributed by atoms with Crippen LogP contribution in [0, 0.1) is 19.8 Å². The Kier molecular flexibility index (Phi) is 4.37. The average molecular weight is 392 g/mol. The van der Waals surface area contributed by atoms with Gasteiger partial charge in [0.15, 0.2) is 5.82 Å². The zero-order chi connectivity index (χ0) is 20.0. The van der Waals surface area contributed by atoms with Gasteiger partial charge in [-0.1, -0.05) is 0 Å². The summed E-state index contributed by atoms with van der Waals surface area (Å²) < 4.78 is 1.60. The van der Waals surface area contributed by atoms with Crippen molar-refractivity contribution < 1.29 is 4.79 Å². The van der Waals surface area contributed by atoms with Gasteiger partial charge >= 0.3 is 0 Å². The summed E-state index contributed by atoms with van der Waals surface area (Å²) in [5.41, 5.74) is 4.26. The number of anilines is 1. The van der Waals surface area contributed by atoms with Crippen LogP contribution in [0.3, 0.4) is 0 Å². The summed E-state index contributed by atoms with van der Waals surface area (Å²) in [6.45, 7) is 6.15. The maximum absolute atomic E-state index is 12.5. The molecule has 0 unspecified atom stereocenters. The van der Waals surface area contributed by atoms with Crippen molar-refractivity contribution in [2.75, 3.05) is 24.5 Å². The highest BCUT2D eigenvalue weighted by atomic mass is 16.2. The number of fused-ring (bicyclic) bond motifs is 2. The maximum Gasteiger partial charge on any atom is 0.291 e. The molecule has 9 nitrogen and oxygen atoms in total. The van der Waals surface area contributed by atoms with Gasteiger partial charge < -0.3 is 10.2 Å². The molecule has 29 heavy (non-hydrogen) atoms. The van der Waals surface area contributed by atoms with Crippen LogP contribution in [0.15, 0.2) is 12.1 Å². The van der Waals surface area contributed by atoms with Crippen molar-refractivity contribution in [3.63, 3.8) is 0 Å². The van der Waals surface area contributed by atoms with Gasteiger partial charge in [0.1, 0.15) is 0 Å². The first kappa shape index (κ1) is 18.0. The number of carbonyl (C=O) groups is 1. The first-order chi connectivity index (χ1) is 14.1. The van der Waals surface area contributed by atoms with E-state index in [9.17, 15) is 4.79 Å². The predicted molar refractivity (Wildman–Crippen MR) is 107 cm³/mol. The average Bonchev–Trinajstić information content (AvgIpc) is 3.11. The second-order valence-corrected chi connectivity index (χ2v) is 8.05. The molecule has 0 atom stereocenters. The second kappa shape index (κ2) is 7.06. The van der Waals surface area contributed by atoms with Gasteiger partial charge in [-0.15, -0.1) is 10.2 Å². The number of nitrogens with zero attached hydrogens (tertiary/aromatic N) is 7. The molecule has 1 saturated heterocycles. The zero-order valence-electron chi connectivity index (χ0n) is 16.7. The Morgan fingerprint density at radius 1 is 1.14 bits per heavy atom. The van der Waals surface area contributed by atoms with Gasteiger partial charge in [0.2, 0.25) is 5.82 Å². The van der Waals surface area contributed by atoms with Gasteiger partial charge in [-0.3, -0.25) is 4.79 Å². The number of aryl methyl sites for hydroxylation is 4. The van der Waals surface area contributed by atoms with Crippen LogP contribution in [0.1, 0.15) is 46.1 Å². The van der Waals surface area contributed by atoms with Crippen LogP contribution >= 0.6 is 0 Å². The van der Waals surface area contributed by atoms with Crippen LogP contribution in [-0.4, -0.2) is 55.3 Å². The molecule has 1 aliphatic heterocycles. The van der Waals surface area contributed by atoms with Crippen molar-refractivity contribution in [2.24, 2.45) is 5.92 Å². The standard InChI is InChI=1S/C20H24N8O/c1-12-7-13(2)28-20(22-12)23-18(26-28)19(29)21-9-14-10-27(11-14)17-8-15-5-3-4-6-16(15)24-25-17/h7-8,14H,3-6,9-11H2,1-2H3,(H,21,29). The molecule has 1 aliphatic carbocycles. The minimum atomic E-state index is -0.264. The van der Waals surface area contributed by atoms with Crippen molar-refractivity contribution in [3.8, 4) is 0 Å². The fourth-order valence-electron chi connectivity index (χ4n) is 4.10. The van der Waals surface area contributed by atoms with E-state index in [0.717, 1.165) is 48.8 Å². The summed E-state index contributed by atoms with van der Waals surface area (Å²) in [5.74, 6) is 1.68. The normalized spacial score (nSPS) is 16.6. The van der Waals surface area contributed by atoms with E-state index in [-0.39, 0.29) is 11.7 Å². The molecule has 1 fully saturated rings. The van der Waals surface area contributed by atoms with Gasteiger partial charge in [-0.2, -0.15) is 10.1 Å². The topological polar surface area (TPSA) is 101 Å². The Hall–Kier alpha value is -3.10. The van der Waals surface area contributed by atoms with Crippen LogP contribution in [-0.2, 0) is 12.8 Å². The quantitative estimate of drug-likeness (QED) is 0.714. The number of rotatable bonds is 4. The molecule has 150 valence electrons. The van der Waals surface area contributed by atoms with Gasteiger partial charge in [-0.25, -0.2) is 9.50 Å². The molecule has 5 rings (SSSR count). The second-order valence-electron chi connectivity index (χ2n) is 8.05. The summed E-state index contributed by atoms with van der Waals surface area (Å²) >= 11 is 0. The highest BCUT2D eigenvalue weighted by molar-refractivity contribution is 5.90. The van der Waals surface area contributed by atoms with Gasteiger partial charge in [0, 0.05) is 36.9 Å². The summed E-state index contributed by atoms with van der Waals surface area (Å²) in [5, 5.41) is 16.0. The van der Waals surface area contributed by atoms with Crippen molar-refractivity contribution in [1.82, 2.24) is 35.1 Å². The fraction of sp³-hybridized carbons (Fsp3) is 0.500. The lowest BCUT2D eigenvalue weighted by atomic mass is 9.95. The Morgan fingerprint density at radius 2 is 1.97 bits per heavy atom. The molecule has 2 aliphatic rings. The highest BCUT2D eigenvalue weighted by Crippen LogP contribution is 2.26. The largest absolute Gasteiger partial charge is 0.354 e. The third-order valence-electron chi connectivity index (χ3n) is 5.71. The van der Waals surface area contributed by atoms with Crippen molar-refractivity contribution in [3.05, 3.63) is 40.6 Å². The lowest BCUT2D eigenvalue weighted by Crippen LogP contribution is -2.52. The zero-order valence-corrected chi connectivity index (χ0v) is 16.7. The third kappa shape index (κ3) is 3.41. The highest BCUT2D eigenvalue weighted by Gasteiger charge is 2.29. The van der Waals surface area contributed by atoms with Crippen molar-refractivity contribution >= 4 is 17.5 Å². The minimum Gasteiger partial charge on any atom is -0.354 e. The van der Waals surface area contributed by atoms with Crippen molar-refractivity contribution in [1.29, 1.82) is 0 Å². The number of carbonyl (C=O) groups excluding carboxylic acids is 1. The molecule has 0 bridgehead atoms. The molecule has 3 aromatic rings. The van der Waals surface area contributed by atoms with E-state index in [1.165, 1.54) is 18.4 Å². The van der Waals surface area contributed by atoms with Crippen molar-refractivity contribution in [2.45, 2.75) is 39.5 Å². The molecule has 0 saturated carbocycles. The van der Waals surface area contributed by atoms with E-state index in [2.05, 4.69) is 41.5 Å². The van der Waals surface area contributed by atoms with E-state index < -0.39 is 0 Å². The molecule has 3 aromatic heterocycles. The smallest absolute Gasteiger partial charge is 0.291 e. The Bertz CT molecular complexity index is 1090. The SMILES string of the molecule is Cc1cc(C)n2nc(C(=O)NCC3CN(c4cc5c(nn4)CCCC5)C3)nc2n1. The summed E-state index contributed by atoms with van der Waals surface area (Å²) in [4.78, 5) is 23.3. The predicted octanol–water partition coefficient (Wildman–Crippen LogP) is 1.28. The van der Waals surface area contributed by atoms with Gasteiger partial charge in [0.25, 0.3) is 11.7 Å². The van der Waals surface area contributed by atoms with Gasteiger partial charge in [-0.05, 0) is 57.2 Å². The lowest BCUT2D eigenvalue weighted by molar-refractivity contribution is 0.0934. The molecule has 0 spiro atoms. The third-order valence-corrected chi connectivity index (χ3v) is 5.71. The van der Waals surface area contributed by atoms with Crippen LogP contribution in [0.5, 0.6) is 0 Å². The fourth-order valence-corrected chi connectivity index (χ4v) is 4.10. The molecular weight excluding hydrogens is 368 g/mol. The first-order valence-electron chi connectivity index (χ1n) is 10.2. The van der Waals surface area contributed by atoms with E-state index in [1.807, 2.05) is 19.9 Å². The molecule has 1 N–H and O–H groups in total. The van der Waals surface area contributed by atoms with Crippen LogP contribution in [0.2, 0.25) is 0 Å². The minimum absolute atomic E-state index is 0.155. The van der Waals surface area contributed by atoms with Crippen LogP contribution in [0.4, 0.5) is 5.82 Å². The Morgan fingerprint density at radius 3 is 2.83 bits per heavy atom. The van der Waals surface area contributed by atoms with E-state index in [4.69, 9.17) is 0 Å².